The number of nitriles is 1. The van der Waals surface area contributed by atoms with Gasteiger partial charge in [-0.15, -0.1) is 5.10 Å². The average Bonchev–Trinajstić information content (AvgIpc) is 2.80. The van der Waals surface area contributed by atoms with Crippen molar-refractivity contribution in [3.05, 3.63) is 35.5 Å². The van der Waals surface area contributed by atoms with Crippen molar-refractivity contribution in [2.45, 2.75) is 46.6 Å². The third-order valence-electron chi connectivity index (χ3n) is 3.40. The normalized spacial score (nSPS) is 11.7. The van der Waals surface area contributed by atoms with Gasteiger partial charge in [0.05, 0.1) is 0 Å². The second-order valence-corrected chi connectivity index (χ2v) is 6.80. The SMILES string of the molecule is CC(C)Cn1nnc(C#N)c1-c1ccc(C(C)(C)C)cc1. The zero-order valence-corrected chi connectivity index (χ0v) is 13.4. The van der Waals surface area contributed by atoms with Crippen molar-refractivity contribution < 1.29 is 0 Å². The van der Waals surface area contributed by atoms with Crippen molar-refractivity contribution in [2.75, 3.05) is 0 Å². The highest BCUT2D eigenvalue weighted by Gasteiger charge is 2.17. The summed E-state index contributed by atoms with van der Waals surface area (Å²) in [6.45, 7) is 11.6. The molecule has 4 nitrogen and oxygen atoms in total. The first-order valence-corrected chi connectivity index (χ1v) is 7.27. The standard InChI is InChI=1S/C17H22N4/c1-12(2)11-21-16(15(10-18)19-20-21)13-6-8-14(9-7-13)17(3,4)5/h6-9,12H,11H2,1-5H3. The van der Waals surface area contributed by atoms with Crippen molar-refractivity contribution in [3.63, 3.8) is 0 Å². The number of benzene rings is 1. The quantitative estimate of drug-likeness (QED) is 0.861. The summed E-state index contributed by atoms with van der Waals surface area (Å²) in [6, 6.07) is 10.5. The molecule has 0 aliphatic heterocycles. The summed E-state index contributed by atoms with van der Waals surface area (Å²) in [7, 11) is 0. The Morgan fingerprint density at radius 3 is 2.29 bits per heavy atom. The van der Waals surface area contributed by atoms with Crippen LogP contribution in [0.1, 0.15) is 45.9 Å². The molecule has 0 unspecified atom stereocenters. The van der Waals surface area contributed by atoms with Gasteiger partial charge in [-0.3, -0.25) is 0 Å². The molecule has 0 saturated heterocycles. The molecular formula is C17H22N4. The van der Waals surface area contributed by atoms with Crippen LogP contribution >= 0.6 is 0 Å². The molecule has 0 saturated carbocycles. The Balaban J connectivity index is 2.46. The second-order valence-electron chi connectivity index (χ2n) is 6.80. The fourth-order valence-electron chi connectivity index (χ4n) is 2.28. The number of nitrogens with zero attached hydrogens (tertiary/aromatic N) is 4. The third kappa shape index (κ3) is 3.30. The highest BCUT2D eigenvalue weighted by molar-refractivity contribution is 5.65. The predicted octanol–water partition coefficient (Wildman–Crippen LogP) is 3.77. The summed E-state index contributed by atoms with van der Waals surface area (Å²) in [5.41, 5.74) is 3.58. The third-order valence-corrected chi connectivity index (χ3v) is 3.40. The van der Waals surface area contributed by atoms with Gasteiger partial charge in [0.1, 0.15) is 11.8 Å². The van der Waals surface area contributed by atoms with Crippen LogP contribution in [0.2, 0.25) is 0 Å². The van der Waals surface area contributed by atoms with Crippen LogP contribution in [0.25, 0.3) is 11.3 Å². The molecule has 1 aromatic heterocycles. The van der Waals surface area contributed by atoms with E-state index in [9.17, 15) is 5.26 Å². The van der Waals surface area contributed by atoms with Crippen molar-refractivity contribution in [1.82, 2.24) is 15.0 Å². The molecule has 1 aromatic carbocycles. The van der Waals surface area contributed by atoms with E-state index in [1.807, 2.05) is 4.68 Å². The van der Waals surface area contributed by atoms with Crippen LogP contribution in [-0.4, -0.2) is 15.0 Å². The minimum absolute atomic E-state index is 0.118. The van der Waals surface area contributed by atoms with Gasteiger partial charge >= 0.3 is 0 Å². The molecule has 4 heteroatoms. The maximum atomic E-state index is 9.25. The van der Waals surface area contributed by atoms with Gasteiger partial charge in [0.25, 0.3) is 0 Å². The average molecular weight is 282 g/mol. The Bertz CT molecular complexity index is 652. The van der Waals surface area contributed by atoms with Crippen molar-refractivity contribution in [2.24, 2.45) is 5.92 Å². The van der Waals surface area contributed by atoms with Gasteiger partial charge in [-0.05, 0) is 16.9 Å². The monoisotopic (exact) mass is 282 g/mol. The molecule has 0 aliphatic carbocycles. The summed E-state index contributed by atoms with van der Waals surface area (Å²) in [5.74, 6) is 0.450. The minimum Gasteiger partial charge on any atom is -0.243 e. The molecular weight excluding hydrogens is 260 g/mol. The largest absolute Gasteiger partial charge is 0.243 e. The molecule has 0 aliphatic rings. The Morgan fingerprint density at radius 1 is 1.19 bits per heavy atom. The topological polar surface area (TPSA) is 54.5 Å². The number of hydrogen-bond acceptors (Lipinski definition) is 3. The van der Waals surface area contributed by atoms with Crippen LogP contribution < -0.4 is 0 Å². The first-order chi connectivity index (χ1) is 9.82. The van der Waals surface area contributed by atoms with E-state index in [1.165, 1.54) is 5.56 Å². The summed E-state index contributed by atoms with van der Waals surface area (Å²) < 4.78 is 1.83. The first-order valence-electron chi connectivity index (χ1n) is 7.27. The highest BCUT2D eigenvalue weighted by atomic mass is 15.4. The number of aromatic nitrogens is 3. The van der Waals surface area contributed by atoms with Crippen LogP contribution in [-0.2, 0) is 12.0 Å². The molecule has 0 N–H and O–H groups in total. The molecule has 110 valence electrons. The van der Waals surface area contributed by atoms with Crippen LogP contribution in [0, 0.1) is 17.2 Å². The maximum absolute atomic E-state index is 9.25. The highest BCUT2D eigenvalue weighted by Crippen LogP contribution is 2.27. The zero-order chi connectivity index (χ0) is 15.6. The molecule has 0 spiro atoms. The lowest BCUT2D eigenvalue weighted by Gasteiger charge is -2.19. The van der Waals surface area contributed by atoms with Crippen molar-refractivity contribution in [1.29, 1.82) is 5.26 Å². The molecule has 0 fully saturated rings. The van der Waals surface area contributed by atoms with Gasteiger partial charge < -0.3 is 0 Å². The van der Waals surface area contributed by atoms with Gasteiger partial charge in [0, 0.05) is 12.1 Å². The van der Waals surface area contributed by atoms with Gasteiger partial charge in [0.2, 0.25) is 0 Å². The summed E-state index contributed by atoms with van der Waals surface area (Å²) in [4.78, 5) is 0. The molecule has 21 heavy (non-hydrogen) atoms. The molecule has 2 rings (SSSR count). The first kappa shape index (κ1) is 15.2. The van der Waals surface area contributed by atoms with E-state index in [2.05, 4.69) is 75.3 Å². The van der Waals surface area contributed by atoms with E-state index in [0.29, 0.717) is 11.6 Å². The van der Waals surface area contributed by atoms with E-state index in [4.69, 9.17) is 0 Å². The molecule has 0 atom stereocenters. The van der Waals surface area contributed by atoms with E-state index < -0.39 is 0 Å². The van der Waals surface area contributed by atoms with Crippen molar-refractivity contribution >= 4 is 0 Å². The van der Waals surface area contributed by atoms with Crippen LogP contribution in [0.15, 0.2) is 24.3 Å². The van der Waals surface area contributed by atoms with Crippen molar-refractivity contribution in [3.8, 4) is 17.3 Å². The minimum atomic E-state index is 0.118. The molecule has 1 heterocycles. The van der Waals surface area contributed by atoms with Crippen LogP contribution in [0.3, 0.4) is 0 Å². The lowest BCUT2D eigenvalue weighted by Crippen LogP contribution is -2.11. The summed E-state index contributed by atoms with van der Waals surface area (Å²) in [5, 5.41) is 17.4. The Kier molecular flexibility index (Phi) is 4.13. The van der Waals surface area contributed by atoms with Gasteiger partial charge in [0.15, 0.2) is 5.69 Å². The molecule has 2 aromatic rings. The van der Waals surface area contributed by atoms with Crippen LogP contribution in [0.5, 0.6) is 0 Å². The van der Waals surface area contributed by atoms with Crippen LogP contribution in [0.4, 0.5) is 0 Å². The maximum Gasteiger partial charge on any atom is 0.190 e. The summed E-state index contributed by atoms with van der Waals surface area (Å²) >= 11 is 0. The molecule has 0 radical (unpaired) electrons. The number of rotatable bonds is 3. The van der Waals surface area contributed by atoms with Gasteiger partial charge in [-0.2, -0.15) is 5.26 Å². The van der Waals surface area contributed by atoms with Gasteiger partial charge in [-0.25, -0.2) is 4.68 Å². The zero-order valence-electron chi connectivity index (χ0n) is 13.4. The van der Waals surface area contributed by atoms with Gasteiger partial charge in [-0.1, -0.05) is 64.1 Å². The Hall–Kier alpha value is -2.15. The lowest BCUT2D eigenvalue weighted by molar-refractivity contribution is 0.475. The second kappa shape index (κ2) is 5.69. The lowest BCUT2D eigenvalue weighted by atomic mass is 9.86. The summed E-state index contributed by atoms with van der Waals surface area (Å²) in [6.07, 6.45) is 0. The Morgan fingerprint density at radius 2 is 1.81 bits per heavy atom. The van der Waals surface area contributed by atoms with E-state index in [1.54, 1.807) is 0 Å². The van der Waals surface area contributed by atoms with E-state index in [-0.39, 0.29) is 5.41 Å². The fraction of sp³-hybridized carbons (Fsp3) is 0.471. The smallest absolute Gasteiger partial charge is 0.190 e. The Labute approximate surface area is 126 Å². The predicted molar refractivity (Wildman–Crippen MR) is 83.7 cm³/mol. The fourth-order valence-corrected chi connectivity index (χ4v) is 2.28. The number of hydrogen-bond donors (Lipinski definition) is 0. The van der Waals surface area contributed by atoms with E-state index in [0.717, 1.165) is 17.8 Å². The van der Waals surface area contributed by atoms with E-state index >= 15 is 0 Å². The molecule has 0 bridgehead atoms. The molecule has 0 amide bonds.